The molecule has 0 atom stereocenters. The van der Waals surface area contributed by atoms with Crippen molar-refractivity contribution in [3.63, 3.8) is 0 Å². The van der Waals surface area contributed by atoms with Gasteiger partial charge in [0.25, 0.3) is 0 Å². The van der Waals surface area contributed by atoms with Crippen LogP contribution in [0.25, 0.3) is 0 Å². The Bertz CT molecular complexity index is 616. The molecular formula is C16H23N5OS. The Morgan fingerprint density at radius 1 is 1.39 bits per heavy atom. The van der Waals surface area contributed by atoms with Crippen LogP contribution in [0.2, 0.25) is 0 Å². The minimum Gasteiger partial charge on any atom is -0.343 e. The first-order chi connectivity index (χ1) is 11.2. The molecule has 3 rings (SSSR count). The molecule has 3 heterocycles. The second-order valence-corrected chi connectivity index (χ2v) is 6.87. The first-order valence-electron chi connectivity index (χ1n) is 8.12. The highest BCUT2D eigenvalue weighted by Crippen LogP contribution is 2.20. The highest BCUT2D eigenvalue weighted by molar-refractivity contribution is 7.07. The molecule has 1 saturated heterocycles. The van der Waals surface area contributed by atoms with Crippen molar-refractivity contribution in [3.05, 3.63) is 34.3 Å². The summed E-state index contributed by atoms with van der Waals surface area (Å²) in [4.78, 5) is 14.3. The summed E-state index contributed by atoms with van der Waals surface area (Å²) in [7, 11) is 0. The summed E-state index contributed by atoms with van der Waals surface area (Å²) in [6.45, 7) is 3.00. The Labute approximate surface area is 140 Å². The standard InChI is InChI=1S/C16H23N5OS/c17-9-15-11-21(19-18-15)10-13-3-6-20(7-4-13)16(22)2-1-14-5-8-23-12-14/h5,8,11-13H,1-4,6-7,9-10,17H2. The first-order valence-corrected chi connectivity index (χ1v) is 9.07. The number of aromatic nitrogens is 3. The number of likely N-dealkylation sites (tertiary alicyclic amines) is 1. The molecule has 0 radical (unpaired) electrons. The maximum atomic E-state index is 12.3. The number of rotatable bonds is 6. The van der Waals surface area contributed by atoms with Gasteiger partial charge in [-0.1, -0.05) is 5.21 Å². The smallest absolute Gasteiger partial charge is 0.222 e. The third kappa shape index (κ3) is 4.39. The predicted molar refractivity (Wildman–Crippen MR) is 89.9 cm³/mol. The van der Waals surface area contributed by atoms with Crippen molar-refractivity contribution >= 4 is 17.2 Å². The number of hydrogen-bond donors (Lipinski definition) is 1. The maximum absolute atomic E-state index is 12.3. The summed E-state index contributed by atoms with van der Waals surface area (Å²) in [5.74, 6) is 0.837. The first kappa shape index (κ1) is 16.1. The molecule has 6 nitrogen and oxygen atoms in total. The van der Waals surface area contributed by atoms with E-state index in [9.17, 15) is 4.79 Å². The molecular weight excluding hydrogens is 310 g/mol. The normalized spacial score (nSPS) is 16.0. The van der Waals surface area contributed by atoms with Crippen LogP contribution in [0.4, 0.5) is 0 Å². The van der Waals surface area contributed by atoms with Gasteiger partial charge in [-0.3, -0.25) is 9.48 Å². The minimum absolute atomic E-state index is 0.279. The van der Waals surface area contributed by atoms with Crippen molar-refractivity contribution in [3.8, 4) is 0 Å². The lowest BCUT2D eigenvalue weighted by Crippen LogP contribution is -2.39. The van der Waals surface area contributed by atoms with Crippen LogP contribution < -0.4 is 5.73 Å². The molecule has 0 saturated carbocycles. The van der Waals surface area contributed by atoms with Crippen LogP contribution in [-0.2, 0) is 24.3 Å². The molecule has 1 amide bonds. The SMILES string of the molecule is NCc1cn(CC2CCN(C(=O)CCc3ccsc3)CC2)nn1. The molecule has 0 unspecified atom stereocenters. The van der Waals surface area contributed by atoms with Gasteiger partial charge >= 0.3 is 0 Å². The van der Waals surface area contributed by atoms with E-state index in [1.807, 2.05) is 15.8 Å². The molecule has 0 aliphatic carbocycles. The Hall–Kier alpha value is -1.73. The number of thiophene rings is 1. The highest BCUT2D eigenvalue weighted by atomic mass is 32.1. The van der Waals surface area contributed by atoms with Crippen LogP contribution in [0, 0.1) is 5.92 Å². The van der Waals surface area contributed by atoms with E-state index >= 15 is 0 Å². The van der Waals surface area contributed by atoms with E-state index in [4.69, 9.17) is 5.73 Å². The van der Waals surface area contributed by atoms with Gasteiger partial charge in [-0.25, -0.2) is 0 Å². The summed E-state index contributed by atoms with van der Waals surface area (Å²) in [6, 6.07) is 2.10. The average molecular weight is 333 g/mol. The Morgan fingerprint density at radius 2 is 2.22 bits per heavy atom. The number of hydrogen-bond acceptors (Lipinski definition) is 5. The van der Waals surface area contributed by atoms with Crippen molar-refractivity contribution in [1.82, 2.24) is 19.9 Å². The molecule has 1 aliphatic rings. The van der Waals surface area contributed by atoms with Crippen LogP contribution in [0.1, 0.15) is 30.5 Å². The van der Waals surface area contributed by atoms with Crippen LogP contribution in [0.3, 0.4) is 0 Å². The van der Waals surface area contributed by atoms with Crippen LogP contribution in [-0.4, -0.2) is 38.9 Å². The fourth-order valence-corrected chi connectivity index (χ4v) is 3.70. The lowest BCUT2D eigenvalue weighted by atomic mass is 9.96. The quantitative estimate of drug-likeness (QED) is 0.872. The minimum atomic E-state index is 0.279. The van der Waals surface area contributed by atoms with E-state index in [0.717, 1.165) is 44.6 Å². The lowest BCUT2D eigenvalue weighted by Gasteiger charge is -2.32. The monoisotopic (exact) mass is 333 g/mol. The molecule has 1 aliphatic heterocycles. The van der Waals surface area contributed by atoms with E-state index in [2.05, 4.69) is 27.1 Å². The molecule has 0 bridgehead atoms. The van der Waals surface area contributed by atoms with Crippen LogP contribution >= 0.6 is 11.3 Å². The predicted octanol–water partition coefficient (Wildman–Crippen LogP) is 1.67. The zero-order valence-corrected chi connectivity index (χ0v) is 14.0. The van der Waals surface area contributed by atoms with Crippen molar-refractivity contribution in [2.75, 3.05) is 13.1 Å². The van der Waals surface area contributed by atoms with Crippen molar-refractivity contribution in [2.45, 2.75) is 38.8 Å². The Kier molecular flexibility index (Phi) is 5.40. The van der Waals surface area contributed by atoms with E-state index in [1.165, 1.54) is 5.56 Å². The Morgan fingerprint density at radius 3 is 2.87 bits per heavy atom. The molecule has 0 aromatic carbocycles. The maximum Gasteiger partial charge on any atom is 0.222 e. The highest BCUT2D eigenvalue weighted by Gasteiger charge is 2.23. The topological polar surface area (TPSA) is 77.0 Å². The van der Waals surface area contributed by atoms with Gasteiger partial charge in [-0.15, -0.1) is 5.10 Å². The number of amides is 1. The third-order valence-electron chi connectivity index (χ3n) is 4.42. The second-order valence-electron chi connectivity index (χ2n) is 6.09. The summed E-state index contributed by atoms with van der Waals surface area (Å²) >= 11 is 1.69. The molecule has 2 aromatic rings. The van der Waals surface area contributed by atoms with Gasteiger partial charge in [0.1, 0.15) is 0 Å². The molecule has 7 heteroatoms. The van der Waals surface area contributed by atoms with Crippen LogP contribution in [0.15, 0.2) is 23.0 Å². The number of carbonyl (C=O) groups is 1. The number of piperidine rings is 1. The zero-order valence-electron chi connectivity index (χ0n) is 13.2. The van der Waals surface area contributed by atoms with E-state index < -0.39 is 0 Å². The molecule has 23 heavy (non-hydrogen) atoms. The molecule has 0 spiro atoms. The fourth-order valence-electron chi connectivity index (χ4n) is 3.00. The third-order valence-corrected chi connectivity index (χ3v) is 5.15. The number of nitrogens with zero attached hydrogens (tertiary/aromatic N) is 4. The largest absolute Gasteiger partial charge is 0.343 e. The van der Waals surface area contributed by atoms with E-state index in [0.29, 0.717) is 18.9 Å². The molecule has 2 aromatic heterocycles. The average Bonchev–Trinajstić information content (AvgIpc) is 3.25. The summed E-state index contributed by atoms with van der Waals surface area (Å²) in [5.41, 5.74) is 7.64. The number of nitrogens with two attached hydrogens (primary N) is 1. The number of carbonyl (C=O) groups excluding carboxylic acids is 1. The summed E-state index contributed by atoms with van der Waals surface area (Å²) in [6.07, 6.45) is 5.44. The van der Waals surface area contributed by atoms with Crippen LogP contribution in [0.5, 0.6) is 0 Å². The van der Waals surface area contributed by atoms with Gasteiger partial charge in [0.05, 0.1) is 5.69 Å². The van der Waals surface area contributed by atoms with Gasteiger partial charge < -0.3 is 10.6 Å². The van der Waals surface area contributed by atoms with Gasteiger partial charge in [0.2, 0.25) is 5.91 Å². The van der Waals surface area contributed by atoms with Crippen molar-refractivity contribution in [2.24, 2.45) is 11.7 Å². The van der Waals surface area contributed by atoms with Crippen molar-refractivity contribution in [1.29, 1.82) is 0 Å². The van der Waals surface area contributed by atoms with E-state index in [1.54, 1.807) is 11.3 Å². The van der Waals surface area contributed by atoms with Gasteiger partial charge in [-0.2, -0.15) is 11.3 Å². The van der Waals surface area contributed by atoms with Crippen molar-refractivity contribution < 1.29 is 4.79 Å². The van der Waals surface area contributed by atoms with Gasteiger partial charge in [0, 0.05) is 38.8 Å². The van der Waals surface area contributed by atoms with Gasteiger partial charge in [0.15, 0.2) is 0 Å². The second kappa shape index (κ2) is 7.70. The molecule has 2 N–H and O–H groups in total. The molecule has 1 fully saturated rings. The summed E-state index contributed by atoms with van der Waals surface area (Å²) < 4.78 is 1.88. The van der Waals surface area contributed by atoms with E-state index in [-0.39, 0.29) is 5.91 Å². The lowest BCUT2D eigenvalue weighted by molar-refractivity contribution is -0.132. The fraction of sp³-hybridized carbons (Fsp3) is 0.562. The number of aryl methyl sites for hydroxylation is 1. The molecule has 124 valence electrons. The van der Waals surface area contributed by atoms with Gasteiger partial charge in [-0.05, 0) is 47.6 Å². The zero-order chi connectivity index (χ0) is 16.1. The Balaban J connectivity index is 1.41. The summed E-state index contributed by atoms with van der Waals surface area (Å²) in [5, 5.41) is 12.3.